The topological polar surface area (TPSA) is 76.4 Å². The summed E-state index contributed by atoms with van der Waals surface area (Å²) in [4.78, 5) is 11.0. The molecule has 6 nitrogen and oxygen atoms in total. The molecular weight excluding hydrogens is 350 g/mol. The highest BCUT2D eigenvalue weighted by Crippen LogP contribution is 2.40. The molecule has 0 saturated heterocycles. The summed E-state index contributed by atoms with van der Waals surface area (Å²) in [6.07, 6.45) is 1.79. The van der Waals surface area contributed by atoms with Gasteiger partial charge in [-0.3, -0.25) is 10.1 Å². The van der Waals surface area contributed by atoms with E-state index < -0.39 is 4.92 Å². The van der Waals surface area contributed by atoms with Gasteiger partial charge < -0.3 is 15.4 Å². The van der Waals surface area contributed by atoms with Crippen LogP contribution in [0.3, 0.4) is 0 Å². The quantitative estimate of drug-likeness (QED) is 0.491. The van der Waals surface area contributed by atoms with Gasteiger partial charge in [0.05, 0.1) is 18.1 Å². The fourth-order valence-electron chi connectivity index (χ4n) is 3.67. The number of nitrogens with zero attached hydrogens (tertiary/aromatic N) is 1. The molecule has 26 heavy (non-hydrogen) atoms. The van der Waals surface area contributed by atoms with Gasteiger partial charge in [-0.25, -0.2) is 0 Å². The molecule has 0 spiro atoms. The summed E-state index contributed by atoms with van der Waals surface area (Å²) in [7, 11) is 1.43. The van der Waals surface area contributed by atoms with Crippen molar-refractivity contribution in [2.45, 2.75) is 18.9 Å². The Morgan fingerprint density at radius 3 is 2.81 bits per heavy atom. The van der Waals surface area contributed by atoms with Crippen LogP contribution in [0, 0.1) is 10.1 Å². The molecule has 0 radical (unpaired) electrons. The van der Waals surface area contributed by atoms with E-state index in [4.69, 9.17) is 17.0 Å². The van der Waals surface area contributed by atoms with Crippen molar-refractivity contribution in [1.29, 1.82) is 0 Å². The second-order valence-electron chi connectivity index (χ2n) is 6.28. The molecule has 2 aromatic carbocycles. The zero-order valence-corrected chi connectivity index (χ0v) is 14.9. The molecule has 0 fully saturated rings. The minimum absolute atomic E-state index is 0.0467. The van der Waals surface area contributed by atoms with E-state index in [9.17, 15) is 10.1 Å². The number of ether oxygens (including phenoxy) is 1. The Hall–Kier alpha value is -2.93. The molecule has 1 aliphatic carbocycles. The lowest BCUT2D eigenvalue weighted by Crippen LogP contribution is -2.44. The highest BCUT2D eigenvalue weighted by atomic mass is 32.1. The van der Waals surface area contributed by atoms with Gasteiger partial charge in [0.2, 0.25) is 0 Å². The van der Waals surface area contributed by atoms with E-state index in [2.05, 4.69) is 22.8 Å². The lowest BCUT2D eigenvalue weighted by molar-refractivity contribution is -0.385. The molecule has 4 rings (SSSR count). The third kappa shape index (κ3) is 2.70. The van der Waals surface area contributed by atoms with E-state index in [1.54, 1.807) is 12.1 Å². The maximum absolute atomic E-state index is 11.4. The molecule has 0 saturated carbocycles. The number of fused-ring (bicyclic) bond motifs is 2. The zero-order chi connectivity index (χ0) is 18.3. The van der Waals surface area contributed by atoms with Crippen LogP contribution < -0.4 is 15.4 Å². The van der Waals surface area contributed by atoms with Crippen molar-refractivity contribution in [2.24, 2.45) is 0 Å². The number of thiocarbonyl (C=S) groups is 1. The maximum Gasteiger partial charge on any atom is 0.311 e. The van der Waals surface area contributed by atoms with Crippen LogP contribution in [-0.4, -0.2) is 17.1 Å². The number of nitro groups is 1. The van der Waals surface area contributed by atoms with Gasteiger partial charge in [-0.15, -0.1) is 0 Å². The molecule has 2 N–H and O–H groups in total. The first-order valence-electron chi connectivity index (χ1n) is 8.29. The Bertz CT molecular complexity index is 955. The van der Waals surface area contributed by atoms with Gasteiger partial charge in [0.1, 0.15) is 0 Å². The predicted molar refractivity (Wildman–Crippen MR) is 103 cm³/mol. The molecule has 0 aromatic heterocycles. The summed E-state index contributed by atoms with van der Waals surface area (Å²) in [6, 6.07) is 13.1. The van der Waals surface area contributed by atoms with E-state index >= 15 is 0 Å². The highest BCUT2D eigenvalue weighted by molar-refractivity contribution is 7.80. The van der Waals surface area contributed by atoms with Crippen LogP contribution >= 0.6 is 12.2 Å². The van der Waals surface area contributed by atoms with Gasteiger partial charge in [0.15, 0.2) is 10.9 Å². The molecule has 2 aliphatic rings. The fourth-order valence-corrected chi connectivity index (χ4v) is 3.89. The van der Waals surface area contributed by atoms with Gasteiger partial charge in [0, 0.05) is 17.3 Å². The molecule has 0 amide bonds. The van der Waals surface area contributed by atoms with Crippen LogP contribution in [0.15, 0.2) is 48.0 Å². The normalized spacial score (nSPS) is 18.3. The smallest absolute Gasteiger partial charge is 0.311 e. The van der Waals surface area contributed by atoms with E-state index in [1.807, 2.05) is 18.2 Å². The first-order chi connectivity index (χ1) is 12.6. The maximum atomic E-state index is 11.4. The average Bonchev–Trinajstić information content (AvgIpc) is 2.66. The van der Waals surface area contributed by atoms with E-state index in [0.29, 0.717) is 5.11 Å². The summed E-state index contributed by atoms with van der Waals surface area (Å²) < 4.78 is 5.11. The van der Waals surface area contributed by atoms with E-state index in [-0.39, 0.29) is 17.5 Å². The highest BCUT2D eigenvalue weighted by Gasteiger charge is 2.31. The Morgan fingerprint density at radius 2 is 2.04 bits per heavy atom. The largest absolute Gasteiger partial charge is 0.490 e. The van der Waals surface area contributed by atoms with Crippen molar-refractivity contribution < 1.29 is 9.66 Å². The summed E-state index contributed by atoms with van der Waals surface area (Å²) >= 11 is 5.40. The van der Waals surface area contributed by atoms with Crippen molar-refractivity contribution >= 4 is 28.7 Å². The molecule has 0 bridgehead atoms. The number of hydrogen-bond acceptors (Lipinski definition) is 4. The predicted octanol–water partition coefficient (Wildman–Crippen LogP) is 3.48. The number of nitrogens with one attached hydrogen (secondary N) is 2. The summed E-state index contributed by atoms with van der Waals surface area (Å²) in [5.41, 5.74) is 5.35. The molecule has 2 aromatic rings. The molecular formula is C19H17N3O3S. The third-order valence-electron chi connectivity index (χ3n) is 4.87. The Labute approximate surface area is 156 Å². The number of aryl methyl sites for hydroxylation is 1. The van der Waals surface area contributed by atoms with Crippen molar-refractivity contribution in [3.8, 4) is 5.75 Å². The summed E-state index contributed by atoms with van der Waals surface area (Å²) in [6.45, 7) is 0. The summed E-state index contributed by atoms with van der Waals surface area (Å²) in [5, 5.41) is 18.4. The molecule has 1 atom stereocenters. The average molecular weight is 367 g/mol. The Kier molecular flexibility index (Phi) is 4.08. The van der Waals surface area contributed by atoms with Gasteiger partial charge in [-0.1, -0.05) is 30.3 Å². The monoisotopic (exact) mass is 367 g/mol. The van der Waals surface area contributed by atoms with E-state index in [1.165, 1.54) is 12.7 Å². The van der Waals surface area contributed by atoms with Gasteiger partial charge in [-0.05, 0) is 47.8 Å². The summed E-state index contributed by atoms with van der Waals surface area (Å²) in [5.74, 6) is 0.249. The van der Waals surface area contributed by atoms with E-state index in [0.717, 1.165) is 35.2 Å². The molecule has 7 heteroatoms. The number of hydrogen-bond donors (Lipinski definition) is 2. The lowest BCUT2D eigenvalue weighted by atomic mass is 9.83. The molecule has 1 aliphatic heterocycles. The molecule has 1 unspecified atom stereocenters. The fraction of sp³-hybridized carbons (Fsp3) is 0.211. The molecule has 132 valence electrons. The van der Waals surface area contributed by atoms with Crippen molar-refractivity contribution in [1.82, 2.24) is 10.6 Å². The van der Waals surface area contributed by atoms with Crippen molar-refractivity contribution in [2.75, 3.05) is 7.11 Å². The SMILES string of the molecule is COc1ccc(C2NC(=S)NC3=C2CCc2ccccc23)cc1[N+](=O)[O-]. The van der Waals surface area contributed by atoms with Crippen LogP contribution in [0.1, 0.15) is 29.2 Å². The minimum atomic E-state index is -0.423. The standard InChI is InChI=1S/C19H17N3O3S/c1-25-16-9-7-12(10-15(16)22(23)24)17-14-8-6-11-4-2-3-5-13(11)18(14)21-19(26)20-17/h2-5,7,9-10,17H,6,8H2,1H3,(H2,20,21,26). The van der Waals surface area contributed by atoms with Crippen molar-refractivity contribution in [3.63, 3.8) is 0 Å². The lowest BCUT2D eigenvalue weighted by Gasteiger charge is -2.35. The number of rotatable bonds is 3. The molecule has 1 heterocycles. The minimum Gasteiger partial charge on any atom is -0.490 e. The second-order valence-corrected chi connectivity index (χ2v) is 6.69. The zero-order valence-electron chi connectivity index (χ0n) is 14.1. The first kappa shape index (κ1) is 16.5. The van der Waals surface area contributed by atoms with Crippen LogP contribution in [0.5, 0.6) is 5.75 Å². The van der Waals surface area contributed by atoms with Crippen LogP contribution in [0.4, 0.5) is 5.69 Å². The third-order valence-corrected chi connectivity index (χ3v) is 5.09. The Balaban J connectivity index is 1.83. The Morgan fingerprint density at radius 1 is 1.23 bits per heavy atom. The second kappa shape index (κ2) is 6.42. The van der Waals surface area contributed by atoms with Crippen LogP contribution in [0.2, 0.25) is 0 Å². The van der Waals surface area contributed by atoms with Crippen molar-refractivity contribution in [3.05, 3.63) is 74.8 Å². The van der Waals surface area contributed by atoms with Gasteiger partial charge in [0.25, 0.3) is 0 Å². The first-order valence-corrected chi connectivity index (χ1v) is 8.70. The van der Waals surface area contributed by atoms with Gasteiger partial charge in [-0.2, -0.15) is 0 Å². The number of methoxy groups -OCH3 is 1. The van der Waals surface area contributed by atoms with Crippen LogP contribution in [0.25, 0.3) is 5.70 Å². The van der Waals surface area contributed by atoms with Gasteiger partial charge >= 0.3 is 5.69 Å². The number of benzene rings is 2. The van der Waals surface area contributed by atoms with Crippen LogP contribution in [-0.2, 0) is 6.42 Å². The number of nitro benzene ring substituents is 1.